The number of aromatic nitrogens is 1. The van der Waals surface area contributed by atoms with Crippen molar-refractivity contribution in [1.29, 1.82) is 0 Å². The van der Waals surface area contributed by atoms with Crippen molar-refractivity contribution in [2.24, 2.45) is 5.92 Å². The van der Waals surface area contributed by atoms with Gasteiger partial charge in [0.05, 0.1) is 0 Å². The van der Waals surface area contributed by atoms with Gasteiger partial charge in [-0.1, -0.05) is 79.2 Å². The summed E-state index contributed by atoms with van der Waals surface area (Å²) in [7, 11) is 0. The van der Waals surface area contributed by atoms with Gasteiger partial charge in [-0.25, -0.2) is 0 Å². The van der Waals surface area contributed by atoms with E-state index in [-0.39, 0.29) is 11.8 Å². The molecule has 0 saturated carbocycles. The van der Waals surface area contributed by atoms with Gasteiger partial charge in [0.2, 0.25) is 5.91 Å². The number of piperidine rings is 1. The van der Waals surface area contributed by atoms with Crippen LogP contribution in [0.3, 0.4) is 0 Å². The van der Waals surface area contributed by atoms with Crippen LogP contribution < -0.4 is 0 Å². The van der Waals surface area contributed by atoms with Crippen LogP contribution in [0.2, 0.25) is 5.02 Å². The third-order valence-electron chi connectivity index (χ3n) is 7.58. The van der Waals surface area contributed by atoms with Crippen molar-refractivity contribution < 1.29 is 4.79 Å². The van der Waals surface area contributed by atoms with Crippen molar-refractivity contribution in [3.05, 3.63) is 106 Å². The van der Waals surface area contributed by atoms with Crippen LogP contribution in [-0.4, -0.2) is 28.9 Å². The number of nitrogens with one attached hydrogen (secondary N) is 1. The standard InChI is InChI=1S/C31H33ClN2O/c1-2-24-9-6-10-27-29(21-33-31(24)27)28(25-11-13-26(32)14-12-25)20-30(35)34-17-15-23(16-18-34)19-22-7-4-3-5-8-22/h3-14,21,23,28,33H,2,15-20H2,1H3. The smallest absolute Gasteiger partial charge is 0.223 e. The van der Waals surface area contributed by atoms with Gasteiger partial charge in [-0.2, -0.15) is 0 Å². The Morgan fingerprint density at radius 3 is 2.46 bits per heavy atom. The fourth-order valence-corrected chi connectivity index (χ4v) is 5.69. The second-order valence-corrected chi connectivity index (χ2v) is 10.2. The third-order valence-corrected chi connectivity index (χ3v) is 7.83. The Morgan fingerprint density at radius 1 is 1.00 bits per heavy atom. The number of carbonyl (C=O) groups excluding carboxylic acids is 1. The summed E-state index contributed by atoms with van der Waals surface area (Å²) in [4.78, 5) is 19.1. The number of para-hydroxylation sites is 1. The van der Waals surface area contributed by atoms with Gasteiger partial charge in [0.25, 0.3) is 0 Å². The lowest BCUT2D eigenvalue weighted by Gasteiger charge is -2.33. The summed E-state index contributed by atoms with van der Waals surface area (Å²) >= 11 is 6.19. The fraction of sp³-hybridized carbons (Fsp3) is 0.323. The van der Waals surface area contributed by atoms with E-state index in [4.69, 9.17) is 11.6 Å². The maximum absolute atomic E-state index is 13.6. The maximum Gasteiger partial charge on any atom is 0.223 e. The van der Waals surface area contributed by atoms with Crippen LogP contribution in [0.4, 0.5) is 0 Å². The molecule has 1 saturated heterocycles. The highest BCUT2D eigenvalue weighted by Crippen LogP contribution is 2.36. The molecule has 1 N–H and O–H groups in total. The highest BCUT2D eigenvalue weighted by Gasteiger charge is 2.27. The Kier molecular flexibility index (Phi) is 7.24. The normalized spacial score (nSPS) is 15.4. The number of benzene rings is 3. The molecule has 0 spiro atoms. The van der Waals surface area contributed by atoms with Gasteiger partial charge >= 0.3 is 0 Å². The number of hydrogen-bond donors (Lipinski definition) is 1. The van der Waals surface area contributed by atoms with E-state index in [0.29, 0.717) is 17.4 Å². The number of likely N-dealkylation sites (tertiary alicyclic amines) is 1. The largest absolute Gasteiger partial charge is 0.361 e. The molecule has 1 aromatic heterocycles. The second kappa shape index (κ2) is 10.7. The minimum Gasteiger partial charge on any atom is -0.361 e. The van der Waals surface area contributed by atoms with Crippen molar-refractivity contribution in [2.45, 2.75) is 44.9 Å². The van der Waals surface area contributed by atoms with Crippen LogP contribution in [0.1, 0.15) is 54.4 Å². The predicted molar refractivity (Wildman–Crippen MR) is 145 cm³/mol. The number of aromatic amines is 1. The number of aryl methyl sites for hydroxylation is 1. The molecule has 3 nitrogen and oxygen atoms in total. The van der Waals surface area contributed by atoms with Gasteiger partial charge in [-0.05, 0) is 66.0 Å². The van der Waals surface area contributed by atoms with Crippen LogP contribution in [0.5, 0.6) is 0 Å². The number of carbonyl (C=O) groups is 1. The Bertz CT molecular complexity index is 1270. The number of nitrogens with zero attached hydrogens (tertiary/aromatic N) is 1. The Morgan fingerprint density at radius 2 is 1.74 bits per heavy atom. The first-order chi connectivity index (χ1) is 17.1. The zero-order valence-corrected chi connectivity index (χ0v) is 21.1. The monoisotopic (exact) mass is 484 g/mol. The number of rotatable bonds is 7. The van der Waals surface area contributed by atoms with Crippen molar-refractivity contribution in [3.8, 4) is 0 Å². The zero-order valence-electron chi connectivity index (χ0n) is 20.3. The molecule has 5 rings (SSSR count). The summed E-state index contributed by atoms with van der Waals surface area (Å²) < 4.78 is 0. The molecule has 0 radical (unpaired) electrons. The maximum atomic E-state index is 13.6. The third kappa shape index (κ3) is 5.31. The minimum atomic E-state index is -0.0114. The summed E-state index contributed by atoms with van der Waals surface area (Å²) in [5.74, 6) is 0.876. The van der Waals surface area contributed by atoms with E-state index >= 15 is 0 Å². The Labute approximate surface area is 213 Å². The molecule has 1 aliphatic heterocycles. The second-order valence-electron chi connectivity index (χ2n) is 9.76. The van der Waals surface area contributed by atoms with E-state index in [0.717, 1.165) is 44.3 Å². The first-order valence-corrected chi connectivity index (χ1v) is 13.2. The molecule has 2 heterocycles. The lowest BCUT2D eigenvalue weighted by atomic mass is 9.86. The minimum absolute atomic E-state index is 0.0114. The molecule has 4 aromatic rings. The van der Waals surface area contributed by atoms with Crippen LogP contribution >= 0.6 is 11.6 Å². The van der Waals surface area contributed by atoms with E-state index in [2.05, 4.69) is 83.7 Å². The first kappa shape index (κ1) is 23.7. The highest BCUT2D eigenvalue weighted by molar-refractivity contribution is 6.30. The van der Waals surface area contributed by atoms with Crippen LogP contribution in [0.25, 0.3) is 10.9 Å². The molecule has 0 aliphatic carbocycles. The van der Waals surface area contributed by atoms with Gasteiger partial charge in [0, 0.05) is 47.6 Å². The molecule has 1 aliphatic rings. The Hall–Kier alpha value is -3.04. The highest BCUT2D eigenvalue weighted by atomic mass is 35.5. The van der Waals surface area contributed by atoms with E-state index in [1.165, 1.54) is 27.6 Å². The molecule has 180 valence electrons. The SMILES string of the molecule is CCc1cccc2c(C(CC(=O)N3CCC(Cc4ccccc4)CC3)c3ccc(Cl)cc3)c[nH]c12. The molecule has 0 bridgehead atoms. The van der Waals surface area contributed by atoms with Crippen molar-refractivity contribution >= 4 is 28.4 Å². The lowest BCUT2D eigenvalue weighted by molar-refractivity contribution is -0.132. The lowest BCUT2D eigenvalue weighted by Crippen LogP contribution is -2.39. The summed E-state index contributed by atoms with van der Waals surface area (Å²) in [6, 6.07) is 25.1. The quantitative estimate of drug-likeness (QED) is 0.291. The molecule has 3 aromatic carbocycles. The summed E-state index contributed by atoms with van der Waals surface area (Å²) in [5, 5.41) is 1.92. The molecule has 1 fully saturated rings. The van der Waals surface area contributed by atoms with E-state index in [1.54, 1.807) is 0 Å². The van der Waals surface area contributed by atoms with Crippen LogP contribution in [0.15, 0.2) is 79.0 Å². The molecular formula is C31H33ClN2O. The van der Waals surface area contributed by atoms with Crippen molar-refractivity contribution in [1.82, 2.24) is 9.88 Å². The first-order valence-electron chi connectivity index (χ1n) is 12.8. The number of amides is 1. The molecule has 4 heteroatoms. The summed E-state index contributed by atoms with van der Waals surface area (Å²) in [6.45, 7) is 3.87. The number of halogens is 1. The van der Waals surface area contributed by atoms with Gasteiger partial charge < -0.3 is 9.88 Å². The van der Waals surface area contributed by atoms with Crippen molar-refractivity contribution in [2.75, 3.05) is 13.1 Å². The Balaban J connectivity index is 1.34. The van der Waals surface area contributed by atoms with E-state index in [9.17, 15) is 4.79 Å². The van der Waals surface area contributed by atoms with Crippen molar-refractivity contribution in [3.63, 3.8) is 0 Å². The molecule has 1 amide bonds. The van der Waals surface area contributed by atoms with Crippen LogP contribution in [-0.2, 0) is 17.6 Å². The average Bonchev–Trinajstić information content (AvgIpc) is 3.33. The summed E-state index contributed by atoms with van der Waals surface area (Å²) in [5.41, 5.74) is 6.19. The van der Waals surface area contributed by atoms with Gasteiger partial charge in [-0.3, -0.25) is 4.79 Å². The average molecular weight is 485 g/mol. The fourth-order valence-electron chi connectivity index (χ4n) is 5.56. The topological polar surface area (TPSA) is 36.1 Å². The predicted octanol–water partition coefficient (Wildman–Crippen LogP) is 7.39. The number of H-pyrrole nitrogens is 1. The molecular weight excluding hydrogens is 452 g/mol. The van der Waals surface area contributed by atoms with Crippen LogP contribution in [0, 0.1) is 5.92 Å². The molecule has 1 atom stereocenters. The molecule has 35 heavy (non-hydrogen) atoms. The molecule has 1 unspecified atom stereocenters. The van der Waals surface area contributed by atoms with Gasteiger partial charge in [-0.15, -0.1) is 0 Å². The number of fused-ring (bicyclic) bond motifs is 1. The summed E-state index contributed by atoms with van der Waals surface area (Å²) in [6.07, 6.45) is 6.78. The zero-order chi connectivity index (χ0) is 24.2. The van der Waals surface area contributed by atoms with Gasteiger partial charge in [0.15, 0.2) is 0 Å². The van der Waals surface area contributed by atoms with E-state index < -0.39 is 0 Å². The number of hydrogen-bond acceptors (Lipinski definition) is 1. The van der Waals surface area contributed by atoms with E-state index in [1.807, 2.05) is 12.1 Å². The van der Waals surface area contributed by atoms with Gasteiger partial charge in [0.1, 0.15) is 0 Å².